The van der Waals surface area contributed by atoms with Crippen molar-refractivity contribution in [1.82, 2.24) is 5.32 Å². The summed E-state index contributed by atoms with van der Waals surface area (Å²) in [5.41, 5.74) is 1.47. The van der Waals surface area contributed by atoms with Crippen molar-refractivity contribution in [2.24, 2.45) is 5.92 Å². The Morgan fingerprint density at radius 1 is 1.05 bits per heavy atom. The minimum Gasteiger partial charge on any atom is -0.493 e. The molecule has 0 aliphatic rings. The SMILES string of the molecule is CCC(CC)(CNCC(C)C)c1ccc(OC)c(OC)c1. The van der Waals surface area contributed by atoms with Crippen LogP contribution in [0.4, 0.5) is 0 Å². The third kappa shape index (κ3) is 4.37. The molecule has 0 heterocycles. The van der Waals surface area contributed by atoms with E-state index in [0.717, 1.165) is 37.4 Å². The highest BCUT2D eigenvalue weighted by molar-refractivity contribution is 5.45. The van der Waals surface area contributed by atoms with E-state index in [9.17, 15) is 0 Å². The maximum absolute atomic E-state index is 5.46. The summed E-state index contributed by atoms with van der Waals surface area (Å²) in [6, 6.07) is 6.31. The highest BCUT2D eigenvalue weighted by Gasteiger charge is 2.29. The Kier molecular flexibility index (Phi) is 7.03. The molecular formula is C18H31NO2. The topological polar surface area (TPSA) is 30.5 Å². The monoisotopic (exact) mass is 293 g/mol. The zero-order valence-corrected chi connectivity index (χ0v) is 14.5. The van der Waals surface area contributed by atoms with Gasteiger partial charge in [0.05, 0.1) is 14.2 Å². The maximum Gasteiger partial charge on any atom is 0.161 e. The lowest BCUT2D eigenvalue weighted by Gasteiger charge is -2.33. The van der Waals surface area contributed by atoms with Gasteiger partial charge in [-0.3, -0.25) is 0 Å². The molecule has 0 aromatic heterocycles. The lowest BCUT2D eigenvalue weighted by atomic mass is 9.75. The Morgan fingerprint density at radius 3 is 2.14 bits per heavy atom. The molecule has 3 heteroatoms. The number of ether oxygens (including phenoxy) is 2. The first-order valence-corrected chi connectivity index (χ1v) is 7.96. The fraction of sp³-hybridized carbons (Fsp3) is 0.667. The Balaban J connectivity index is 3.03. The molecule has 0 saturated heterocycles. The van der Waals surface area contributed by atoms with Gasteiger partial charge in [-0.2, -0.15) is 0 Å². The predicted octanol–water partition coefficient (Wildman–Crippen LogP) is 4.01. The Bertz CT molecular complexity index is 425. The molecule has 0 aliphatic heterocycles. The molecule has 120 valence electrons. The molecule has 0 amide bonds. The van der Waals surface area contributed by atoms with Crippen molar-refractivity contribution in [2.45, 2.75) is 46.0 Å². The number of benzene rings is 1. The summed E-state index contributed by atoms with van der Waals surface area (Å²) in [4.78, 5) is 0. The fourth-order valence-electron chi connectivity index (χ4n) is 2.78. The zero-order chi connectivity index (χ0) is 15.9. The molecule has 1 aromatic rings. The number of hydrogen-bond acceptors (Lipinski definition) is 3. The highest BCUT2D eigenvalue weighted by Crippen LogP contribution is 2.37. The minimum atomic E-state index is 0.147. The van der Waals surface area contributed by atoms with Crippen LogP contribution in [0, 0.1) is 5.92 Å². The van der Waals surface area contributed by atoms with Gasteiger partial charge in [0, 0.05) is 12.0 Å². The molecule has 1 N–H and O–H groups in total. The molecule has 0 bridgehead atoms. The van der Waals surface area contributed by atoms with Gasteiger partial charge in [0.1, 0.15) is 0 Å². The first-order valence-electron chi connectivity index (χ1n) is 7.96. The summed E-state index contributed by atoms with van der Waals surface area (Å²) in [6.07, 6.45) is 2.20. The van der Waals surface area contributed by atoms with Crippen LogP contribution in [0.1, 0.15) is 46.1 Å². The van der Waals surface area contributed by atoms with Crippen molar-refractivity contribution in [1.29, 1.82) is 0 Å². The van der Waals surface area contributed by atoms with E-state index in [1.165, 1.54) is 5.56 Å². The van der Waals surface area contributed by atoms with Crippen molar-refractivity contribution in [2.75, 3.05) is 27.3 Å². The van der Waals surface area contributed by atoms with Crippen molar-refractivity contribution >= 4 is 0 Å². The summed E-state index contributed by atoms with van der Waals surface area (Å²) in [7, 11) is 3.37. The average molecular weight is 293 g/mol. The number of nitrogens with one attached hydrogen (secondary N) is 1. The van der Waals surface area contributed by atoms with Gasteiger partial charge < -0.3 is 14.8 Å². The largest absolute Gasteiger partial charge is 0.493 e. The molecule has 0 unspecified atom stereocenters. The van der Waals surface area contributed by atoms with Crippen LogP contribution in [0.15, 0.2) is 18.2 Å². The van der Waals surface area contributed by atoms with Crippen LogP contribution >= 0.6 is 0 Å². The molecule has 0 atom stereocenters. The Morgan fingerprint density at radius 2 is 1.67 bits per heavy atom. The molecule has 0 saturated carbocycles. The summed E-state index contributed by atoms with van der Waals surface area (Å²) in [5, 5.41) is 3.62. The van der Waals surface area contributed by atoms with E-state index < -0.39 is 0 Å². The molecule has 0 spiro atoms. The highest BCUT2D eigenvalue weighted by atomic mass is 16.5. The van der Waals surface area contributed by atoms with Crippen LogP contribution in [0.5, 0.6) is 11.5 Å². The van der Waals surface area contributed by atoms with E-state index in [1.54, 1.807) is 14.2 Å². The summed E-state index contributed by atoms with van der Waals surface area (Å²) < 4.78 is 10.8. The third-order valence-electron chi connectivity index (χ3n) is 4.37. The van der Waals surface area contributed by atoms with Crippen molar-refractivity contribution in [3.8, 4) is 11.5 Å². The van der Waals surface area contributed by atoms with Crippen LogP contribution in [0.2, 0.25) is 0 Å². The number of methoxy groups -OCH3 is 2. The van der Waals surface area contributed by atoms with Gasteiger partial charge in [-0.05, 0) is 43.0 Å². The normalized spacial score (nSPS) is 11.8. The van der Waals surface area contributed by atoms with E-state index in [-0.39, 0.29) is 5.41 Å². The maximum atomic E-state index is 5.46. The Hall–Kier alpha value is -1.22. The second kappa shape index (κ2) is 8.28. The lowest BCUT2D eigenvalue weighted by Crippen LogP contribution is -2.38. The third-order valence-corrected chi connectivity index (χ3v) is 4.37. The molecule has 3 nitrogen and oxygen atoms in total. The second-order valence-electron chi connectivity index (χ2n) is 6.08. The smallest absolute Gasteiger partial charge is 0.161 e. The van der Waals surface area contributed by atoms with E-state index in [1.807, 2.05) is 6.07 Å². The second-order valence-corrected chi connectivity index (χ2v) is 6.08. The summed E-state index contributed by atoms with van der Waals surface area (Å²) in [5.74, 6) is 2.27. The Labute approximate surface area is 130 Å². The summed E-state index contributed by atoms with van der Waals surface area (Å²) in [6.45, 7) is 11.0. The number of rotatable bonds is 9. The van der Waals surface area contributed by atoms with Crippen LogP contribution in [0.3, 0.4) is 0 Å². The van der Waals surface area contributed by atoms with Gasteiger partial charge in [0.2, 0.25) is 0 Å². The first kappa shape index (κ1) is 17.8. The molecule has 21 heavy (non-hydrogen) atoms. The standard InChI is InChI=1S/C18H31NO2/c1-7-18(8-2,13-19-12-14(3)4)15-9-10-16(20-5)17(11-15)21-6/h9-11,14,19H,7-8,12-13H2,1-6H3. The van der Waals surface area contributed by atoms with Gasteiger partial charge in [-0.25, -0.2) is 0 Å². The predicted molar refractivity (Wildman–Crippen MR) is 89.5 cm³/mol. The molecule has 1 aromatic carbocycles. The van der Waals surface area contributed by atoms with Gasteiger partial charge in [-0.15, -0.1) is 0 Å². The lowest BCUT2D eigenvalue weighted by molar-refractivity contribution is 0.342. The molecule has 1 rings (SSSR count). The van der Waals surface area contributed by atoms with Crippen molar-refractivity contribution in [3.63, 3.8) is 0 Å². The van der Waals surface area contributed by atoms with Gasteiger partial charge >= 0.3 is 0 Å². The molecule has 0 radical (unpaired) electrons. The van der Waals surface area contributed by atoms with Crippen molar-refractivity contribution < 1.29 is 9.47 Å². The van der Waals surface area contributed by atoms with Crippen LogP contribution in [-0.4, -0.2) is 27.3 Å². The van der Waals surface area contributed by atoms with Gasteiger partial charge in [-0.1, -0.05) is 33.8 Å². The molecule has 0 fully saturated rings. The van der Waals surface area contributed by atoms with Gasteiger partial charge in [0.15, 0.2) is 11.5 Å². The van der Waals surface area contributed by atoms with E-state index in [2.05, 4.69) is 45.1 Å². The molecular weight excluding hydrogens is 262 g/mol. The number of hydrogen-bond donors (Lipinski definition) is 1. The van der Waals surface area contributed by atoms with E-state index in [4.69, 9.17) is 9.47 Å². The van der Waals surface area contributed by atoms with Crippen molar-refractivity contribution in [3.05, 3.63) is 23.8 Å². The van der Waals surface area contributed by atoms with Crippen LogP contribution in [0.25, 0.3) is 0 Å². The minimum absolute atomic E-state index is 0.147. The fourth-order valence-corrected chi connectivity index (χ4v) is 2.78. The van der Waals surface area contributed by atoms with Gasteiger partial charge in [0.25, 0.3) is 0 Å². The molecule has 0 aliphatic carbocycles. The van der Waals surface area contributed by atoms with Crippen LogP contribution in [-0.2, 0) is 5.41 Å². The average Bonchev–Trinajstić information content (AvgIpc) is 2.51. The van der Waals surface area contributed by atoms with E-state index in [0.29, 0.717) is 5.92 Å². The van der Waals surface area contributed by atoms with Crippen LogP contribution < -0.4 is 14.8 Å². The van der Waals surface area contributed by atoms with E-state index >= 15 is 0 Å². The first-order chi connectivity index (χ1) is 10.0. The zero-order valence-electron chi connectivity index (χ0n) is 14.5. The summed E-state index contributed by atoms with van der Waals surface area (Å²) >= 11 is 0. The quantitative estimate of drug-likeness (QED) is 0.746.